The number of rotatable bonds is 3. The lowest BCUT2D eigenvalue weighted by Gasteiger charge is -2.09. The summed E-state index contributed by atoms with van der Waals surface area (Å²) in [6.45, 7) is 1.79. The average Bonchev–Trinajstić information content (AvgIpc) is 2.16. The molecule has 0 saturated heterocycles. The van der Waals surface area contributed by atoms with E-state index in [1.807, 2.05) is 18.2 Å². The van der Waals surface area contributed by atoms with E-state index in [-0.39, 0.29) is 11.2 Å². The second-order valence-electron chi connectivity index (χ2n) is 2.84. The van der Waals surface area contributed by atoms with Crippen molar-refractivity contribution in [3.63, 3.8) is 0 Å². The van der Waals surface area contributed by atoms with E-state index in [0.717, 1.165) is 4.90 Å². The third kappa shape index (κ3) is 2.93. The van der Waals surface area contributed by atoms with Gasteiger partial charge in [-0.1, -0.05) is 6.07 Å². The highest BCUT2D eigenvalue weighted by atomic mass is 32.2. The zero-order chi connectivity index (χ0) is 10.6. The molecule has 76 valence electrons. The Balaban J connectivity index is 2.64. The fourth-order valence-corrected chi connectivity index (χ4v) is 1.91. The molecule has 0 aliphatic heterocycles. The number of carbonyl (C=O) groups excluding carboxylic acids is 1. The van der Waals surface area contributed by atoms with Gasteiger partial charge in [-0.2, -0.15) is 0 Å². The molecule has 0 spiro atoms. The highest BCUT2D eigenvalue weighted by Crippen LogP contribution is 2.24. The van der Waals surface area contributed by atoms with Crippen LogP contribution >= 0.6 is 11.8 Å². The average molecular weight is 211 g/mol. The lowest BCUT2D eigenvalue weighted by Crippen LogP contribution is -2.36. The SMILES string of the molecule is CC(Sc1cccc(N)c1)C(=O)NN. The van der Waals surface area contributed by atoms with Gasteiger partial charge in [0.05, 0.1) is 5.25 Å². The highest BCUT2D eigenvalue weighted by molar-refractivity contribution is 8.00. The summed E-state index contributed by atoms with van der Waals surface area (Å²) in [5.41, 5.74) is 8.40. The number of nitrogens with one attached hydrogen (secondary N) is 1. The van der Waals surface area contributed by atoms with E-state index in [1.54, 1.807) is 13.0 Å². The molecular formula is C9H13N3OS. The maximum Gasteiger partial charge on any atom is 0.247 e. The molecule has 1 atom stereocenters. The number of hydrazine groups is 1. The Kier molecular flexibility index (Phi) is 3.79. The van der Waals surface area contributed by atoms with E-state index >= 15 is 0 Å². The number of nitrogens with two attached hydrogens (primary N) is 2. The zero-order valence-electron chi connectivity index (χ0n) is 7.86. The molecule has 1 rings (SSSR count). The first-order valence-corrected chi connectivity index (χ1v) is 5.04. The van der Waals surface area contributed by atoms with Gasteiger partial charge in [0.25, 0.3) is 0 Å². The molecule has 1 aromatic rings. The Morgan fingerprint density at radius 1 is 1.57 bits per heavy atom. The van der Waals surface area contributed by atoms with Gasteiger partial charge >= 0.3 is 0 Å². The van der Waals surface area contributed by atoms with E-state index in [0.29, 0.717) is 5.69 Å². The van der Waals surface area contributed by atoms with Gasteiger partial charge in [-0.05, 0) is 25.1 Å². The fraction of sp³-hybridized carbons (Fsp3) is 0.222. The zero-order valence-corrected chi connectivity index (χ0v) is 8.67. The molecule has 0 aromatic heterocycles. The minimum atomic E-state index is -0.221. The van der Waals surface area contributed by atoms with Crippen molar-refractivity contribution in [2.75, 3.05) is 5.73 Å². The number of thioether (sulfide) groups is 1. The van der Waals surface area contributed by atoms with Crippen LogP contribution in [0.25, 0.3) is 0 Å². The predicted molar refractivity (Wildman–Crippen MR) is 58.5 cm³/mol. The van der Waals surface area contributed by atoms with Gasteiger partial charge in [0.1, 0.15) is 0 Å². The summed E-state index contributed by atoms with van der Waals surface area (Å²) in [5.74, 6) is 4.82. The minimum absolute atomic E-state index is 0.197. The molecule has 0 saturated carbocycles. The van der Waals surface area contributed by atoms with E-state index in [9.17, 15) is 4.79 Å². The summed E-state index contributed by atoms with van der Waals surface area (Å²) in [4.78, 5) is 12.1. The number of amides is 1. The molecule has 5 heteroatoms. The number of anilines is 1. The van der Waals surface area contributed by atoms with Crippen molar-refractivity contribution < 1.29 is 4.79 Å². The second kappa shape index (κ2) is 4.88. The maximum atomic E-state index is 11.1. The number of nitrogen functional groups attached to an aromatic ring is 1. The molecule has 0 heterocycles. The van der Waals surface area contributed by atoms with E-state index < -0.39 is 0 Å². The molecule has 14 heavy (non-hydrogen) atoms. The van der Waals surface area contributed by atoms with E-state index in [2.05, 4.69) is 5.43 Å². The van der Waals surface area contributed by atoms with Crippen LogP contribution in [0, 0.1) is 0 Å². The highest BCUT2D eigenvalue weighted by Gasteiger charge is 2.12. The number of hydrogen-bond donors (Lipinski definition) is 3. The van der Waals surface area contributed by atoms with Crippen molar-refractivity contribution in [1.29, 1.82) is 0 Å². The maximum absolute atomic E-state index is 11.1. The summed E-state index contributed by atoms with van der Waals surface area (Å²) in [6.07, 6.45) is 0. The van der Waals surface area contributed by atoms with Crippen LogP contribution in [-0.4, -0.2) is 11.2 Å². The summed E-state index contributed by atoms with van der Waals surface area (Å²) in [6, 6.07) is 7.38. The molecule has 4 nitrogen and oxygen atoms in total. The molecule has 1 unspecified atom stereocenters. The smallest absolute Gasteiger partial charge is 0.247 e. The van der Waals surface area contributed by atoms with Crippen molar-refractivity contribution in [2.24, 2.45) is 5.84 Å². The van der Waals surface area contributed by atoms with Crippen LogP contribution in [0.15, 0.2) is 29.2 Å². The normalized spacial score (nSPS) is 12.1. The number of hydrogen-bond acceptors (Lipinski definition) is 4. The van der Waals surface area contributed by atoms with Crippen molar-refractivity contribution in [3.05, 3.63) is 24.3 Å². The molecular weight excluding hydrogens is 198 g/mol. The first-order chi connectivity index (χ1) is 6.63. The van der Waals surface area contributed by atoms with Crippen LogP contribution < -0.4 is 17.0 Å². The topological polar surface area (TPSA) is 81.1 Å². The van der Waals surface area contributed by atoms with Crippen molar-refractivity contribution >= 4 is 23.4 Å². The predicted octanol–water partition coefficient (Wildman–Crippen LogP) is 0.739. The quantitative estimate of drug-likeness (QED) is 0.226. The van der Waals surface area contributed by atoms with Crippen LogP contribution in [0.2, 0.25) is 0 Å². The number of carbonyl (C=O) groups is 1. The van der Waals surface area contributed by atoms with Crippen LogP contribution in [0.1, 0.15) is 6.92 Å². The van der Waals surface area contributed by atoms with Crippen LogP contribution in [0.5, 0.6) is 0 Å². The fourth-order valence-electron chi connectivity index (χ4n) is 0.963. The summed E-state index contributed by atoms with van der Waals surface area (Å²) < 4.78 is 0. The first kappa shape index (κ1) is 10.9. The second-order valence-corrected chi connectivity index (χ2v) is 4.26. The molecule has 0 bridgehead atoms. The Labute approximate surface area is 87.0 Å². The van der Waals surface area contributed by atoms with Gasteiger partial charge in [0.15, 0.2) is 0 Å². The van der Waals surface area contributed by atoms with Gasteiger partial charge in [-0.3, -0.25) is 10.2 Å². The third-order valence-electron chi connectivity index (χ3n) is 1.68. The van der Waals surface area contributed by atoms with Crippen LogP contribution in [0.4, 0.5) is 5.69 Å². The van der Waals surface area contributed by atoms with E-state index in [1.165, 1.54) is 11.8 Å². The van der Waals surface area contributed by atoms with Crippen molar-refractivity contribution in [2.45, 2.75) is 17.1 Å². The van der Waals surface area contributed by atoms with Gasteiger partial charge < -0.3 is 5.73 Å². The Morgan fingerprint density at radius 3 is 2.86 bits per heavy atom. The van der Waals surface area contributed by atoms with Crippen LogP contribution in [0.3, 0.4) is 0 Å². The summed E-state index contributed by atoms with van der Waals surface area (Å²) in [5, 5.41) is -0.221. The molecule has 0 aliphatic rings. The van der Waals surface area contributed by atoms with Gasteiger partial charge in [0, 0.05) is 10.6 Å². The minimum Gasteiger partial charge on any atom is -0.399 e. The van der Waals surface area contributed by atoms with Crippen LogP contribution in [-0.2, 0) is 4.79 Å². The Hall–Kier alpha value is -1.20. The molecule has 0 aliphatic carbocycles. The van der Waals surface area contributed by atoms with Gasteiger partial charge in [-0.25, -0.2) is 5.84 Å². The first-order valence-electron chi connectivity index (χ1n) is 4.16. The molecule has 5 N–H and O–H groups in total. The Morgan fingerprint density at radius 2 is 2.29 bits per heavy atom. The summed E-state index contributed by atoms with van der Waals surface area (Å²) in [7, 11) is 0. The molecule has 1 aromatic carbocycles. The molecule has 0 radical (unpaired) electrons. The standard InChI is InChI=1S/C9H13N3OS/c1-6(9(13)12-11)14-8-4-2-3-7(10)5-8/h2-6H,10-11H2,1H3,(H,12,13). The third-order valence-corrected chi connectivity index (χ3v) is 2.78. The monoisotopic (exact) mass is 211 g/mol. The van der Waals surface area contributed by atoms with Gasteiger partial charge in [-0.15, -0.1) is 11.8 Å². The largest absolute Gasteiger partial charge is 0.399 e. The number of benzene rings is 1. The summed E-state index contributed by atoms with van der Waals surface area (Å²) >= 11 is 1.42. The van der Waals surface area contributed by atoms with Crippen molar-refractivity contribution in [3.8, 4) is 0 Å². The Bertz CT molecular complexity index is 330. The lowest BCUT2D eigenvalue weighted by molar-refractivity contribution is -0.120. The molecule has 0 fully saturated rings. The van der Waals surface area contributed by atoms with E-state index in [4.69, 9.17) is 11.6 Å². The van der Waals surface area contributed by atoms with Gasteiger partial charge in [0.2, 0.25) is 5.91 Å². The lowest BCUT2D eigenvalue weighted by atomic mass is 10.3. The van der Waals surface area contributed by atoms with Crippen molar-refractivity contribution in [1.82, 2.24) is 5.43 Å². The molecule has 1 amide bonds.